The molecule has 10 heteroatoms. The third-order valence-electron chi connectivity index (χ3n) is 6.29. The van der Waals surface area contributed by atoms with Gasteiger partial charge in [0.05, 0.1) is 22.8 Å². The molecule has 0 unspecified atom stereocenters. The fourth-order valence-corrected chi connectivity index (χ4v) is 4.25. The zero-order valence-electron chi connectivity index (χ0n) is 23.5. The number of pyridine rings is 4. The van der Waals surface area contributed by atoms with Crippen LogP contribution in [0.2, 0.25) is 0 Å². The first-order chi connectivity index (χ1) is 20.6. The Labute approximate surface area is 246 Å². The number of rotatable bonds is 16. The van der Waals surface area contributed by atoms with Gasteiger partial charge in [0, 0.05) is 89.3 Å². The van der Waals surface area contributed by atoms with E-state index in [1.807, 2.05) is 72.8 Å². The predicted molar refractivity (Wildman–Crippen MR) is 160 cm³/mol. The lowest BCUT2D eigenvalue weighted by molar-refractivity contribution is -0.118. The van der Waals surface area contributed by atoms with Gasteiger partial charge >= 0.3 is 0 Å². The van der Waals surface area contributed by atoms with E-state index in [9.17, 15) is 9.59 Å². The highest BCUT2D eigenvalue weighted by atomic mass is 16.2. The van der Waals surface area contributed by atoms with Crippen molar-refractivity contribution < 1.29 is 9.59 Å². The van der Waals surface area contributed by atoms with Crippen molar-refractivity contribution in [3.63, 3.8) is 0 Å². The van der Waals surface area contributed by atoms with Gasteiger partial charge in [0.1, 0.15) is 0 Å². The molecule has 42 heavy (non-hydrogen) atoms. The molecule has 0 aliphatic heterocycles. The third kappa shape index (κ3) is 11.4. The highest BCUT2D eigenvalue weighted by molar-refractivity contribution is 5.96. The van der Waals surface area contributed by atoms with E-state index in [2.05, 4.69) is 40.4 Å². The fraction of sp³-hybridized carbons (Fsp3) is 0.250. The fourth-order valence-electron chi connectivity index (χ4n) is 4.25. The molecule has 4 rings (SSSR count). The average Bonchev–Trinajstić information content (AvgIpc) is 3.02. The summed E-state index contributed by atoms with van der Waals surface area (Å²) in [7, 11) is 0. The van der Waals surface area contributed by atoms with Crippen LogP contribution < -0.4 is 10.6 Å². The molecule has 0 bridgehead atoms. The minimum Gasteiger partial charge on any atom is -0.351 e. The Morgan fingerprint density at radius 1 is 0.524 bits per heavy atom. The summed E-state index contributed by atoms with van der Waals surface area (Å²) in [5.74, 6) is -0.652. The molecule has 0 saturated carbocycles. The Balaban J connectivity index is 1.21. The summed E-state index contributed by atoms with van der Waals surface area (Å²) in [6.45, 7) is 4.54. The maximum absolute atomic E-state index is 12.4. The first kappa shape index (κ1) is 30.2. The normalized spacial score (nSPS) is 11.2. The van der Waals surface area contributed by atoms with Crippen LogP contribution in [0.25, 0.3) is 0 Å². The Morgan fingerprint density at radius 3 is 1.10 bits per heavy atom. The minimum atomic E-state index is -0.326. The van der Waals surface area contributed by atoms with Gasteiger partial charge < -0.3 is 10.6 Å². The number of carbonyl (C=O) groups is 2. The van der Waals surface area contributed by atoms with Gasteiger partial charge in [0.25, 0.3) is 0 Å². The van der Waals surface area contributed by atoms with Gasteiger partial charge in [-0.1, -0.05) is 24.3 Å². The van der Waals surface area contributed by atoms with Gasteiger partial charge in [-0.25, -0.2) is 0 Å². The molecule has 4 aromatic heterocycles. The number of nitrogens with zero attached hydrogens (tertiary/aromatic N) is 6. The van der Waals surface area contributed by atoms with E-state index in [4.69, 9.17) is 0 Å². The van der Waals surface area contributed by atoms with Crippen LogP contribution in [-0.4, -0.2) is 67.7 Å². The SMILES string of the molecule is O=C(/C=C/C(=O)NCCN(Cc1ccccn1)Cc1ccccn1)NCCN(Cc1ccccn1)Cc1ccccn1. The lowest BCUT2D eigenvalue weighted by Crippen LogP contribution is -2.35. The van der Waals surface area contributed by atoms with Crippen molar-refractivity contribution in [3.8, 4) is 0 Å². The van der Waals surface area contributed by atoms with E-state index in [0.29, 0.717) is 52.4 Å². The van der Waals surface area contributed by atoms with E-state index in [1.165, 1.54) is 12.2 Å². The van der Waals surface area contributed by atoms with Gasteiger partial charge in [-0.3, -0.25) is 39.3 Å². The van der Waals surface area contributed by atoms with Gasteiger partial charge in [-0.05, 0) is 48.5 Å². The minimum absolute atomic E-state index is 0.326. The second-order valence-electron chi connectivity index (χ2n) is 9.62. The Bertz CT molecular complexity index is 1180. The molecule has 2 amide bonds. The van der Waals surface area contributed by atoms with Gasteiger partial charge in [-0.15, -0.1) is 0 Å². The summed E-state index contributed by atoms with van der Waals surface area (Å²) in [4.78, 5) is 46.8. The summed E-state index contributed by atoms with van der Waals surface area (Å²) in [5.41, 5.74) is 3.76. The van der Waals surface area contributed by atoms with Crippen molar-refractivity contribution in [3.05, 3.63) is 133 Å². The molecular formula is C32H36N8O2. The van der Waals surface area contributed by atoms with Crippen LogP contribution in [-0.2, 0) is 35.8 Å². The van der Waals surface area contributed by atoms with Gasteiger partial charge in [0.15, 0.2) is 0 Å². The van der Waals surface area contributed by atoms with Crippen molar-refractivity contribution in [2.75, 3.05) is 26.2 Å². The topological polar surface area (TPSA) is 116 Å². The molecule has 0 aliphatic carbocycles. The van der Waals surface area contributed by atoms with Crippen molar-refractivity contribution in [2.24, 2.45) is 0 Å². The van der Waals surface area contributed by atoms with Crippen LogP contribution >= 0.6 is 0 Å². The summed E-state index contributed by atoms with van der Waals surface area (Å²) in [5, 5.41) is 5.72. The van der Waals surface area contributed by atoms with E-state index in [1.54, 1.807) is 24.8 Å². The summed E-state index contributed by atoms with van der Waals surface area (Å²) >= 11 is 0. The second kappa shape index (κ2) is 17.1. The molecule has 0 fully saturated rings. The molecule has 0 radical (unpaired) electrons. The standard InChI is InChI=1S/C32H36N8O2/c41-31(37-19-21-39(23-27-9-1-5-15-33-27)24-28-10-2-6-16-34-28)13-14-32(42)38-20-22-40(25-29-11-3-7-17-35-29)26-30-12-4-8-18-36-30/h1-18H,19-26H2,(H,37,41)(H,38,42)/b14-13+. The monoisotopic (exact) mass is 564 g/mol. The second-order valence-corrected chi connectivity index (χ2v) is 9.62. The number of hydrogen-bond acceptors (Lipinski definition) is 8. The van der Waals surface area contributed by atoms with Crippen molar-refractivity contribution in [2.45, 2.75) is 26.2 Å². The quantitative estimate of drug-likeness (QED) is 0.200. The number of nitrogens with one attached hydrogen (secondary N) is 2. The molecule has 4 heterocycles. The van der Waals surface area contributed by atoms with E-state index < -0.39 is 0 Å². The molecule has 0 spiro atoms. The number of aromatic nitrogens is 4. The maximum atomic E-state index is 12.4. The molecule has 0 saturated heterocycles. The lowest BCUT2D eigenvalue weighted by atomic mass is 10.3. The number of amides is 2. The molecular weight excluding hydrogens is 528 g/mol. The molecule has 2 N–H and O–H groups in total. The maximum Gasteiger partial charge on any atom is 0.244 e. The Hall–Kier alpha value is -4.80. The van der Waals surface area contributed by atoms with E-state index in [0.717, 1.165) is 22.8 Å². The molecule has 0 aliphatic rings. The average molecular weight is 565 g/mol. The Morgan fingerprint density at radius 2 is 0.833 bits per heavy atom. The Kier molecular flexibility index (Phi) is 12.3. The van der Waals surface area contributed by atoms with Gasteiger partial charge in [-0.2, -0.15) is 0 Å². The molecule has 0 aromatic carbocycles. The first-order valence-electron chi connectivity index (χ1n) is 13.9. The van der Waals surface area contributed by atoms with Crippen molar-refractivity contribution in [1.29, 1.82) is 0 Å². The van der Waals surface area contributed by atoms with Gasteiger partial charge in [0.2, 0.25) is 11.8 Å². The van der Waals surface area contributed by atoms with Crippen molar-refractivity contribution >= 4 is 11.8 Å². The summed E-state index contributed by atoms with van der Waals surface area (Å²) < 4.78 is 0. The van der Waals surface area contributed by atoms with Crippen LogP contribution in [0, 0.1) is 0 Å². The number of carbonyl (C=O) groups excluding carboxylic acids is 2. The molecule has 4 aromatic rings. The number of hydrogen-bond donors (Lipinski definition) is 2. The molecule has 0 atom stereocenters. The first-order valence-corrected chi connectivity index (χ1v) is 13.9. The molecule has 216 valence electrons. The third-order valence-corrected chi connectivity index (χ3v) is 6.29. The van der Waals surface area contributed by atoms with Crippen LogP contribution in [0.4, 0.5) is 0 Å². The summed E-state index contributed by atoms with van der Waals surface area (Å²) in [6.07, 6.45) is 9.59. The van der Waals surface area contributed by atoms with Crippen LogP contribution in [0.5, 0.6) is 0 Å². The van der Waals surface area contributed by atoms with Crippen molar-refractivity contribution in [1.82, 2.24) is 40.4 Å². The lowest BCUT2D eigenvalue weighted by Gasteiger charge is -2.21. The summed E-state index contributed by atoms with van der Waals surface area (Å²) in [6, 6.07) is 23.3. The largest absolute Gasteiger partial charge is 0.351 e. The van der Waals surface area contributed by atoms with Crippen LogP contribution in [0.15, 0.2) is 110 Å². The predicted octanol–water partition coefficient (Wildman–Crippen LogP) is 2.76. The zero-order valence-corrected chi connectivity index (χ0v) is 23.5. The highest BCUT2D eigenvalue weighted by Gasteiger charge is 2.11. The van der Waals surface area contributed by atoms with Crippen LogP contribution in [0.1, 0.15) is 22.8 Å². The zero-order chi connectivity index (χ0) is 29.2. The van der Waals surface area contributed by atoms with E-state index >= 15 is 0 Å². The van der Waals surface area contributed by atoms with E-state index in [-0.39, 0.29) is 11.8 Å². The highest BCUT2D eigenvalue weighted by Crippen LogP contribution is 2.07. The smallest absolute Gasteiger partial charge is 0.244 e. The molecule has 10 nitrogen and oxygen atoms in total. The van der Waals surface area contributed by atoms with Crippen LogP contribution in [0.3, 0.4) is 0 Å².